The van der Waals surface area contributed by atoms with Crippen LogP contribution in [0.3, 0.4) is 0 Å². The zero-order valence-electron chi connectivity index (χ0n) is 17.7. The molecule has 6 nitrogen and oxygen atoms in total. The molecule has 2 aromatic carbocycles. The summed E-state index contributed by atoms with van der Waals surface area (Å²) in [7, 11) is 1.39. The van der Waals surface area contributed by atoms with Gasteiger partial charge in [0.25, 0.3) is 5.91 Å². The molecule has 2 aromatic heterocycles. The Bertz CT molecular complexity index is 1290. The summed E-state index contributed by atoms with van der Waals surface area (Å²) in [4.78, 5) is 32.7. The summed E-state index contributed by atoms with van der Waals surface area (Å²) in [5.74, 6) is -0.157. The van der Waals surface area contributed by atoms with E-state index in [0.29, 0.717) is 25.1 Å². The minimum Gasteiger partial charge on any atom is -0.453 e. The number of hydrogen-bond acceptors (Lipinski definition) is 6. The number of carbonyl (C=O) groups excluding carboxylic acids is 2. The van der Waals surface area contributed by atoms with Crippen LogP contribution >= 0.6 is 22.7 Å². The number of carbonyl (C=O) groups is 2. The second-order valence-corrected chi connectivity index (χ2v) is 9.79. The number of ether oxygens (including phenoxy) is 1. The molecule has 1 N–H and O–H groups in total. The van der Waals surface area contributed by atoms with Crippen molar-refractivity contribution in [2.45, 2.75) is 19.9 Å². The first-order valence-corrected chi connectivity index (χ1v) is 11.9. The van der Waals surface area contributed by atoms with Gasteiger partial charge in [-0.3, -0.25) is 4.79 Å². The van der Waals surface area contributed by atoms with E-state index in [1.807, 2.05) is 49.4 Å². The van der Waals surface area contributed by atoms with Crippen LogP contribution in [-0.4, -0.2) is 35.5 Å². The summed E-state index contributed by atoms with van der Waals surface area (Å²) in [6.45, 7) is 3.03. The van der Waals surface area contributed by atoms with E-state index in [0.717, 1.165) is 41.8 Å². The van der Waals surface area contributed by atoms with Crippen molar-refractivity contribution in [3.05, 3.63) is 70.1 Å². The summed E-state index contributed by atoms with van der Waals surface area (Å²) < 4.78 is 6.01. The van der Waals surface area contributed by atoms with Crippen molar-refractivity contribution < 1.29 is 14.3 Å². The molecule has 0 atom stereocenters. The number of amides is 2. The van der Waals surface area contributed by atoms with Crippen LogP contribution in [0.25, 0.3) is 20.8 Å². The number of aromatic nitrogens is 1. The van der Waals surface area contributed by atoms with Gasteiger partial charge in [-0.15, -0.1) is 22.7 Å². The van der Waals surface area contributed by atoms with E-state index in [4.69, 9.17) is 9.72 Å². The molecule has 0 radical (unpaired) electrons. The second-order valence-electron chi connectivity index (χ2n) is 7.66. The Hall–Kier alpha value is -3.23. The Morgan fingerprint density at radius 1 is 1.09 bits per heavy atom. The minimum absolute atomic E-state index is 0.157. The zero-order valence-corrected chi connectivity index (χ0v) is 19.3. The minimum atomic E-state index is -0.337. The fraction of sp³-hybridized carbons (Fsp3) is 0.208. The van der Waals surface area contributed by atoms with E-state index >= 15 is 0 Å². The highest BCUT2D eigenvalue weighted by Gasteiger charge is 2.30. The smallest absolute Gasteiger partial charge is 0.409 e. The third kappa shape index (κ3) is 3.76. The largest absolute Gasteiger partial charge is 0.453 e. The van der Waals surface area contributed by atoms with Crippen LogP contribution in [0.15, 0.2) is 48.5 Å². The highest BCUT2D eigenvalue weighted by Crippen LogP contribution is 2.45. The fourth-order valence-corrected chi connectivity index (χ4v) is 6.23. The highest BCUT2D eigenvalue weighted by atomic mass is 32.1. The molecule has 0 bridgehead atoms. The fourth-order valence-electron chi connectivity index (χ4n) is 3.86. The highest BCUT2D eigenvalue weighted by molar-refractivity contribution is 7.23. The molecule has 1 aliphatic heterocycles. The number of anilines is 1. The van der Waals surface area contributed by atoms with Gasteiger partial charge in [0, 0.05) is 22.5 Å². The lowest BCUT2D eigenvalue weighted by Gasteiger charge is -2.25. The number of nitrogens with one attached hydrogen (secondary N) is 1. The number of hydrogen-bond donors (Lipinski definition) is 1. The maximum absolute atomic E-state index is 13.0. The van der Waals surface area contributed by atoms with Crippen LogP contribution in [0.2, 0.25) is 0 Å². The van der Waals surface area contributed by atoms with Gasteiger partial charge < -0.3 is 15.0 Å². The van der Waals surface area contributed by atoms with E-state index in [2.05, 4.69) is 11.4 Å². The summed E-state index contributed by atoms with van der Waals surface area (Å²) >= 11 is 3.13. The van der Waals surface area contributed by atoms with Crippen molar-refractivity contribution in [1.29, 1.82) is 0 Å². The lowest BCUT2D eigenvalue weighted by Crippen LogP contribution is -2.35. The summed E-state index contributed by atoms with van der Waals surface area (Å²) in [5, 5.41) is 4.77. The maximum Gasteiger partial charge on any atom is 0.409 e. The first-order valence-electron chi connectivity index (χ1n) is 10.2. The van der Waals surface area contributed by atoms with Crippen molar-refractivity contribution in [3.8, 4) is 10.6 Å². The summed E-state index contributed by atoms with van der Waals surface area (Å²) in [6, 6.07) is 15.5. The van der Waals surface area contributed by atoms with Crippen LogP contribution in [0, 0.1) is 6.92 Å². The van der Waals surface area contributed by atoms with Gasteiger partial charge in [-0.05, 0) is 43.2 Å². The van der Waals surface area contributed by atoms with Gasteiger partial charge in [0.2, 0.25) is 0 Å². The molecular weight excluding hydrogens is 442 g/mol. The molecular formula is C24H21N3O3S2. The predicted octanol–water partition coefficient (Wildman–Crippen LogP) is 5.71. The number of fused-ring (bicyclic) bond motifs is 2. The van der Waals surface area contributed by atoms with Crippen LogP contribution in [0.1, 0.15) is 26.4 Å². The molecule has 32 heavy (non-hydrogen) atoms. The van der Waals surface area contributed by atoms with Crippen LogP contribution in [0.4, 0.5) is 9.80 Å². The third-order valence-corrected chi connectivity index (χ3v) is 7.72. The topological polar surface area (TPSA) is 71.5 Å². The molecule has 1 aliphatic rings. The van der Waals surface area contributed by atoms with E-state index < -0.39 is 0 Å². The maximum atomic E-state index is 13.0. The van der Waals surface area contributed by atoms with Gasteiger partial charge in [-0.25, -0.2) is 9.78 Å². The number of thiazole rings is 1. The van der Waals surface area contributed by atoms with Crippen molar-refractivity contribution in [2.75, 3.05) is 19.0 Å². The Labute approximate surface area is 193 Å². The number of rotatable bonds is 3. The number of methoxy groups -OCH3 is 1. The van der Waals surface area contributed by atoms with Crippen molar-refractivity contribution in [3.63, 3.8) is 0 Å². The van der Waals surface area contributed by atoms with Gasteiger partial charge in [-0.2, -0.15) is 0 Å². The lowest BCUT2D eigenvalue weighted by molar-refractivity contribution is 0.102. The van der Waals surface area contributed by atoms with Gasteiger partial charge in [0.05, 0.1) is 23.9 Å². The van der Waals surface area contributed by atoms with Crippen LogP contribution < -0.4 is 5.32 Å². The van der Waals surface area contributed by atoms with E-state index in [1.165, 1.54) is 18.4 Å². The number of para-hydroxylation sites is 1. The molecule has 0 fully saturated rings. The van der Waals surface area contributed by atoms with Crippen LogP contribution in [0.5, 0.6) is 0 Å². The average molecular weight is 464 g/mol. The Morgan fingerprint density at radius 3 is 2.62 bits per heavy atom. The molecule has 0 spiro atoms. The van der Waals surface area contributed by atoms with Crippen molar-refractivity contribution >= 4 is 49.9 Å². The van der Waals surface area contributed by atoms with E-state index in [-0.39, 0.29) is 12.0 Å². The molecule has 0 aliphatic carbocycles. The summed E-state index contributed by atoms with van der Waals surface area (Å²) in [6.07, 6.45) is 0.350. The van der Waals surface area contributed by atoms with E-state index in [1.54, 1.807) is 16.2 Å². The van der Waals surface area contributed by atoms with Gasteiger partial charge in [-0.1, -0.05) is 29.8 Å². The molecule has 3 heterocycles. The van der Waals surface area contributed by atoms with Crippen LogP contribution in [-0.2, 0) is 17.7 Å². The normalized spacial score (nSPS) is 13.1. The molecule has 4 aromatic rings. The Kier molecular flexibility index (Phi) is 5.40. The first kappa shape index (κ1) is 20.7. The molecule has 0 saturated heterocycles. The summed E-state index contributed by atoms with van der Waals surface area (Å²) in [5.41, 5.74) is 4.76. The van der Waals surface area contributed by atoms with Crippen molar-refractivity contribution in [1.82, 2.24) is 9.88 Å². The Balaban J connectivity index is 1.57. The SMILES string of the molecule is COC(=O)N1CCc2c(sc(NC(=O)c3ccc(C)cc3)c2-c2nc3ccccc3s2)C1. The molecule has 0 unspecified atom stereocenters. The van der Waals surface area contributed by atoms with E-state index in [9.17, 15) is 9.59 Å². The quantitative estimate of drug-likeness (QED) is 0.422. The average Bonchev–Trinajstić information content (AvgIpc) is 3.38. The molecule has 8 heteroatoms. The molecule has 5 rings (SSSR count). The second kappa shape index (κ2) is 8.37. The third-order valence-electron chi connectivity index (χ3n) is 5.54. The number of nitrogens with zero attached hydrogens (tertiary/aromatic N) is 2. The van der Waals surface area contributed by atoms with Gasteiger partial charge >= 0.3 is 6.09 Å². The zero-order chi connectivity index (χ0) is 22.2. The number of aryl methyl sites for hydroxylation is 1. The number of benzene rings is 2. The standard InChI is InChI=1S/C24H21N3O3S2/c1-14-7-9-15(10-8-14)21(28)26-23-20(22-25-17-5-3-4-6-18(17)31-22)16-11-12-27(24(29)30-2)13-19(16)32-23/h3-10H,11-13H2,1-2H3,(H,26,28). The lowest BCUT2D eigenvalue weighted by atomic mass is 10.0. The van der Waals surface area contributed by atoms with Gasteiger partial charge in [0.1, 0.15) is 10.0 Å². The molecule has 162 valence electrons. The predicted molar refractivity (Wildman–Crippen MR) is 129 cm³/mol. The van der Waals surface area contributed by atoms with Crippen molar-refractivity contribution in [2.24, 2.45) is 0 Å². The first-order chi connectivity index (χ1) is 15.5. The number of thiophene rings is 1. The molecule has 2 amide bonds. The molecule has 0 saturated carbocycles. The monoisotopic (exact) mass is 463 g/mol. The Morgan fingerprint density at radius 2 is 1.88 bits per heavy atom. The van der Waals surface area contributed by atoms with Gasteiger partial charge in [0.15, 0.2) is 0 Å².